The Balaban J connectivity index is 1.98. The van der Waals surface area contributed by atoms with Crippen LogP contribution in [0, 0.1) is 0 Å². The van der Waals surface area contributed by atoms with Crippen molar-refractivity contribution in [1.29, 1.82) is 0 Å². The van der Waals surface area contributed by atoms with E-state index >= 15 is 0 Å². The Bertz CT molecular complexity index is 1210. The predicted octanol–water partition coefficient (Wildman–Crippen LogP) is 5.58. The molecule has 3 rings (SSSR count). The molecule has 0 spiro atoms. The van der Waals surface area contributed by atoms with Gasteiger partial charge in [0.1, 0.15) is 17.3 Å². The van der Waals surface area contributed by atoms with E-state index in [1.165, 1.54) is 4.90 Å². The first-order chi connectivity index (χ1) is 16.0. The second-order valence-corrected chi connectivity index (χ2v) is 9.13. The zero-order chi connectivity index (χ0) is 25.0. The molecule has 1 unspecified atom stereocenters. The zero-order valence-corrected chi connectivity index (χ0v) is 20.5. The lowest BCUT2D eigenvalue weighted by molar-refractivity contribution is -0.119. The number of aromatic amines is 1. The van der Waals surface area contributed by atoms with Gasteiger partial charge in [-0.3, -0.25) is 9.69 Å². The third-order valence-corrected chi connectivity index (χ3v) is 4.98. The van der Waals surface area contributed by atoms with Crippen LogP contribution in [-0.2, 0) is 14.3 Å². The summed E-state index contributed by atoms with van der Waals surface area (Å²) in [6, 6.07) is 12.9. The molecule has 1 heterocycles. The van der Waals surface area contributed by atoms with E-state index < -0.39 is 29.6 Å². The molecule has 1 atom stereocenters. The summed E-state index contributed by atoms with van der Waals surface area (Å²) in [5, 5.41) is 3.76. The maximum atomic E-state index is 13.5. The number of benzene rings is 2. The number of anilines is 2. The van der Waals surface area contributed by atoms with Crippen molar-refractivity contribution >= 4 is 51.8 Å². The standard InChI is InChI=1S/C25H28ClN3O5/c1-6-33-23(31)21-13-16-12-19(10-11-20(16)28-21)29(18-9-7-8-17(26)14-18)22(30)15(2)27-24(32)34-25(3,4)5/h7-15,28H,6H2,1-5H3,(H,27,32). The van der Waals surface area contributed by atoms with E-state index in [1.54, 1.807) is 83.1 Å². The highest BCUT2D eigenvalue weighted by molar-refractivity contribution is 6.31. The number of ether oxygens (including phenoxy) is 2. The van der Waals surface area contributed by atoms with Crippen LogP contribution >= 0.6 is 11.6 Å². The fourth-order valence-electron chi connectivity index (χ4n) is 3.34. The van der Waals surface area contributed by atoms with Crippen LogP contribution in [0.3, 0.4) is 0 Å². The molecule has 34 heavy (non-hydrogen) atoms. The SMILES string of the molecule is CCOC(=O)c1cc2cc(N(C(=O)C(C)NC(=O)OC(C)(C)C)c3cccc(Cl)c3)ccc2[nH]1. The van der Waals surface area contributed by atoms with Gasteiger partial charge >= 0.3 is 12.1 Å². The first-order valence-electron chi connectivity index (χ1n) is 10.9. The summed E-state index contributed by atoms with van der Waals surface area (Å²) in [4.78, 5) is 42.4. The number of hydrogen-bond donors (Lipinski definition) is 2. The number of rotatable bonds is 6. The molecule has 0 radical (unpaired) electrons. The van der Waals surface area contributed by atoms with Crippen molar-refractivity contribution in [3.05, 3.63) is 59.2 Å². The molecule has 0 bridgehead atoms. The number of esters is 1. The normalized spacial score (nSPS) is 12.2. The van der Waals surface area contributed by atoms with Gasteiger partial charge in [0.05, 0.1) is 12.3 Å². The number of amides is 2. The number of alkyl carbamates (subject to hydrolysis) is 1. The topological polar surface area (TPSA) is 101 Å². The van der Waals surface area contributed by atoms with Gasteiger partial charge in [-0.25, -0.2) is 9.59 Å². The summed E-state index contributed by atoms with van der Waals surface area (Å²) in [7, 11) is 0. The van der Waals surface area contributed by atoms with E-state index in [1.807, 2.05) is 0 Å². The minimum atomic E-state index is -0.897. The Labute approximate surface area is 203 Å². The highest BCUT2D eigenvalue weighted by atomic mass is 35.5. The number of nitrogens with one attached hydrogen (secondary N) is 2. The lowest BCUT2D eigenvalue weighted by Gasteiger charge is -2.27. The molecule has 180 valence electrons. The Hall–Kier alpha value is -3.52. The van der Waals surface area contributed by atoms with Crippen molar-refractivity contribution in [1.82, 2.24) is 10.3 Å². The number of nitrogens with zero attached hydrogens (tertiary/aromatic N) is 1. The third kappa shape index (κ3) is 6.08. The smallest absolute Gasteiger partial charge is 0.408 e. The molecule has 0 aliphatic heterocycles. The van der Waals surface area contributed by atoms with Crippen molar-refractivity contribution in [3.8, 4) is 0 Å². The van der Waals surface area contributed by atoms with Crippen molar-refractivity contribution in [2.45, 2.75) is 46.3 Å². The molecular weight excluding hydrogens is 458 g/mol. The molecule has 9 heteroatoms. The monoisotopic (exact) mass is 485 g/mol. The Kier molecular flexibility index (Phi) is 7.51. The minimum absolute atomic E-state index is 0.263. The molecular formula is C25H28ClN3O5. The molecule has 0 saturated heterocycles. The van der Waals surface area contributed by atoms with Gasteiger partial charge in [0.15, 0.2) is 0 Å². The van der Waals surface area contributed by atoms with Gasteiger partial charge in [-0.2, -0.15) is 0 Å². The van der Waals surface area contributed by atoms with E-state index in [2.05, 4.69) is 10.3 Å². The van der Waals surface area contributed by atoms with Crippen LogP contribution in [0.5, 0.6) is 0 Å². The molecule has 2 aromatic carbocycles. The summed E-state index contributed by atoms with van der Waals surface area (Å²) in [5.41, 5.74) is 1.39. The van der Waals surface area contributed by atoms with E-state index in [4.69, 9.17) is 21.1 Å². The van der Waals surface area contributed by atoms with Crippen molar-refractivity contribution in [2.75, 3.05) is 11.5 Å². The average Bonchev–Trinajstić information content (AvgIpc) is 3.16. The van der Waals surface area contributed by atoms with Crippen LogP contribution in [0.25, 0.3) is 10.9 Å². The fraction of sp³-hybridized carbons (Fsp3) is 0.320. The summed E-state index contributed by atoms with van der Waals surface area (Å²) >= 11 is 6.20. The number of halogens is 1. The first kappa shape index (κ1) is 25.1. The summed E-state index contributed by atoms with van der Waals surface area (Å²) in [6.07, 6.45) is -0.695. The van der Waals surface area contributed by atoms with E-state index in [-0.39, 0.29) is 6.61 Å². The molecule has 3 aromatic rings. The van der Waals surface area contributed by atoms with Gasteiger partial charge in [0, 0.05) is 21.6 Å². The summed E-state index contributed by atoms with van der Waals surface area (Å²) in [5.74, 6) is -0.855. The predicted molar refractivity (Wildman–Crippen MR) is 132 cm³/mol. The van der Waals surface area contributed by atoms with Crippen LogP contribution in [0.1, 0.15) is 45.1 Å². The Morgan fingerprint density at radius 2 is 1.79 bits per heavy atom. The third-order valence-electron chi connectivity index (χ3n) is 4.75. The zero-order valence-electron chi connectivity index (χ0n) is 19.8. The molecule has 0 saturated carbocycles. The second-order valence-electron chi connectivity index (χ2n) is 8.70. The van der Waals surface area contributed by atoms with Crippen molar-refractivity contribution in [3.63, 3.8) is 0 Å². The molecule has 8 nitrogen and oxygen atoms in total. The molecule has 2 N–H and O–H groups in total. The highest BCUT2D eigenvalue weighted by Gasteiger charge is 2.27. The lowest BCUT2D eigenvalue weighted by atomic mass is 10.1. The van der Waals surface area contributed by atoms with Gasteiger partial charge < -0.3 is 19.8 Å². The number of carbonyl (C=O) groups is 3. The first-order valence-corrected chi connectivity index (χ1v) is 11.2. The maximum absolute atomic E-state index is 13.5. The minimum Gasteiger partial charge on any atom is -0.461 e. The van der Waals surface area contributed by atoms with Crippen LogP contribution in [0.15, 0.2) is 48.5 Å². The Morgan fingerprint density at radius 3 is 2.44 bits per heavy atom. The van der Waals surface area contributed by atoms with Crippen molar-refractivity contribution < 1.29 is 23.9 Å². The van der Waals surface area contributed by atoms with Crippen LogP contribution < -0.4 is 10.2 Å². The maximum Gasteiger partial charge on any atom is 0.408 e. The molecule has 0 fully saturated rings. The number of H-pyrrole nitrogens is 1. The van der Waals surface area contributed by atoms with E-state index in [9.17, 15) is 14.4 Å². The summed E-state index contributed by atoms with van der Waals surface area (Å²) in [6.45, 7) is 8.81. The number of hydrogen-bond acceptors (Lipinski definition) is 5. The van der Waals surface area contributed by atoms with Crippen LogP contribution in [0.2, 0.25) is 5.02 Å². The van der Waals surface area contributed by atoms with Gasteiger partial charge in [-0.05, 0) is 77.1 Å². The second kappa shape index (κ2) is 10.2. The number of fused-ring (bicyclic) bond motifs is 1. The lowest BCUT2D eigenvalue weighted by Crippen LogP contribution is -2.47. The van der Waals surface area contributed by atoms with Crippen LogP contribution in [-0.4, -0.2) is 41.2 Å². The highest BCUT2D eigenvalue weighted by Crippen LogP contribution is 2.31. The molecule has 2 amide bonds. The van der Waals surface area contributed by atoms with E-state index in [0.29, 0.717) is 33.0 Å². The summed E-state index contributed by atoms with van der Waals surface area (Å²) < 4.78 is 10.3. The van der Waals surface area contributed by atoms with Gasteiger partial charge in [-0.15, -0.1) is 0 Å². The fourth-order valence-corrected chi connectivity index (χ4v) is 3.52. The van der Waals surface area contributed by atoms with Gasteiger partial charge in [0.2, 0.25) is 0 Å². The average molecular weight is 486 g/mol. The van der Waals surface area contributed by atoms with Gasteiger partial charge in [-0.1, -0.05) is 17.7 Å². The molecule has 1 aromatic heterocycles. The Morgan fingerprint density at radius 1 is 1.09 bits per heavy atom. The van der Waals surface area contributed by atoms with Crippen molar-refractivity contribution in [2.24, 2.45) is 0 Å². The number of carbonyl (C=O) groups excluding carboxylic acids is 3. The largest absolute Gasteiger partial charge is 0.461 e. The molecule has 0 aliphatic rings. The quantitative estimate of drug-likeness (QED) is 0.444. The number of aromatic nitrogens is 1. The molecule has 0 aliphatic carbocycles. The van der Waals surface area contributed by atoms with E-state index in [0.717, 1.165) is 0 Å². The van der Waals surface area contributed by atoms with Crippen LogP contribution in [0.4, 0.5) is 16.2 Å². The van der Waals surface area contributed by atoms with Gasteiger partial charge in [0.25, 0.3) is 5.91 Å².